The standard InChI is InChI=1S/C29H29Cl3N4O5/c30-29(31,32)28(37)34-27-24(35-36-33)26(40-18-22-14-8-3-9-15-22)25(39-17-21-12-6-2-7-13-21)23(41-27)19-38-16-20-10-4-1-5-11-20/h1-15,23-27H,16-19H2,(H,34,37)/t23?,24?,25-,26+,27+/m1/s1. The van der Waals surface area contributed by atoms with E-state index in [0.717, 1.165) is 16.7 Å². The smallest absolute Gasteiger partial charge is 0.274 e. The predicted octanol–water partition coefficient (Wildman–Crippen LogP) is 6.26. The number of alkyl halides is 3. The third-order valence-corrected chi connectivity index (χ3v) is 6.85. The van der Waals surface area contributed by atoms with Gasteiger partial charge in [-0.25, -0.2) is 0 Å². The van der Waals surface area contributed by atoms with Gasteiger partial charge in [0.1, 0.15) is 24.5 Å². The maximum absolute atomic E-state index is 12.6. The van der Waals surface area contributed by atoms with Gasteiger partial charge in [-0.05, 0) is 22.2 Å². The van der Waals surface area contributed by atoms with E-state index in [1.807, 2.05) is 91.0 Å². The highest BCUT2D eigenvalue weighted by atomic mass is 35.6. The molecule has 1 saturated heterocycles. The van der Waals surface area contributed by atoms with Crippen molar-refractivity contribution in [1.29, 1.82) is 0 Å². The average Bonchev–Trinajstić information content (AvgIpc) is 2.98. The molecule has 0 saturated carbocycles. The van der Waals surface area contributed by atoms with Crippen LogP contribution in [0.1, 0.15) is 16.7 Å². The summed E-state index contributed by atoms with van der Waals surface area (Å²) >= 11 is 17.5. The first kappa shape index (κ1) is 31.1. The summed E-state index contributed by atoms with van der Waals surface area (Å²) in [6, 6.07) is 27.7. The Labute approximate surface area is 253 Å². The van der Waals surface area contributed by atoms with Crippen LogP contribution >= 0.6 is 34.8 Å². The van der Waals surface area contributed by atoms with Crippen LogP contribution in [0.15, 0.2) is 96.1 Å². The monoisotopic (exact) mass is 618 g/mol. The van der Waals surface area contributed by atoms with Gasteiger partial charge >= 0.3 is 0 Å². The van der Waals surface area contributed by atoms with E-state index >= 15 is 0 Å². The van der Waals surface area contributed by atoms with Gasteiger partial charge in [-0.3, -0.25) is 4.79 Å². The Morgan fingerprint density at radius 2 is 1.32 bits per heavy atom. The highest BCUT2D eigenvalue weighted by Gasteiger charge is 2.49. The fourth-order valence-electron chi connectivity index (χ4n) is 4.37. The molecule has 0 radical (unpaired) electrons. The highest BCUT2D eigenvalue weighted by molar-refractivity contribution is 6.76. The Hall–Kier alpha value is -2.85. The third-order valence-electron chi connectivity index (χ3n) is 6.34. The second-order valence-electron chi connectivity index (χ2n) is 9.29. The van der Waals surface area contributed by atoms with Crippen molar-refractivity contribution in [2.45, 2.75) is 54.2 Å². The molecule has 5 atom stereocenters. The van der Waals surface area contributed by atoms with Gasteiger partial charge in [-0.1, -0.05) is 131 Å². The number of hydrogen-bond donors (Lipinski definition) is 1. The van der Waals surface area contributed by atoms with Crippen LogP contribution in [0.5, 0.6) is 0 Å². The number of nitrogens with one attached hydrogen (secondary N) is 1. The molecule has 1 aliphatic rings. The third kappa shape index (κ3) is 9.33. The number of ether oxygens (including phenoxy) is 4. The van der Waals surface area contributed by atoms with Crippen molar-refractivity contribution in [3.05, 3.63) is 118 Å². The van der Waals surface area contributed by atoms with Crippen molar-refractivity contribution in [2.75, 3.05) is 6.61 Å². The molecule has 0 spiro atoms. The lowest BCUT2D eigenvalue weighted by Gasteiger charge is -2.45. The summed E-state index contributed by atoms with van der Waals surface area (Å²) in [5, 5.41) is 6.47. The molecule has 1 N–H and O–H groups in total. The maximum Gasteiger partial charge on any atom is 0.274 e. The Morgan fingerprint density at radius 3 is 1.80 bits per heavy atom. The number of amides is 1. The summed E-state index contributed by atoms with van der Waals surface area (Å²) in [6.45, 7) is 0.787. The largest absolute Gasteiger partial charge is 0.374 e. The van der Waals surface area contributed by atoms with Crippen LogP contribution in [0.4, 0.5) is 0 Å². The van der Waals surface area contributed by atoms with Gasteiger partial charge in [0.15, 0.2) is 0 Å². The molecule has 2 unspecified atom stereocenters. The molecule has 216 valence electrons. The molecule has 0 bridgehead atoms. The number of carbonyl (C=O) groups is 1. The fraction of sp³-hybridized carbons (Fsp3) is 0.345. The molecular weight excluding hydrogens is 591 g/mol. The topological polar surface area (TPSA) is 115 Å². The number of halogens is 3. The van der Waals surface area contributed by atoms with E-state index in [0.29, 0.717) is 6.61 Å². The number of hydrogen-bond acceptors (Lipinski definition) is 6. The van der Waals surface area contributed by atoms with Gasteiger partial charge in [0.25, 0.3) is 9.70 Å². The minimum atomic E-state index is -2.27. The molecule has 12 heteroatoms. The van der Waals surface area contributed by atoms with Crippen molar-refractivity contribution < 1.29 is 23.7 Å². The molecule has 9 nitrogen and oxygen atoms in total. The second kappa shape index (κ2) is 15.4. The van der Waals surface area contributed by atoms with Gasteiger partial charge < -0.3 is 24.3 Å². The van der Waals surface area contributed by atoms with Crippen LogP contribution in [-0.4, -0.2) is 46.9 Å². The molecule has 3 aromatic rings. The van der Waals surface area contributed by atoms with E-state index in [4.69, 9.17) is 53.8 Å². The van der Waals surface area contributed by atoms with E-state index in [9.17, 15) is 10.3 Å². The van der Waals surface area contributed by atoms with Crippen LogP contribution in [0.2, 0.25) is 0 Å². The van der Waals surface area contributed by atoms with Crippen molar-refractivity contribution in [3.8, 4) is 0 Å². The Bertz CT molecular complexity index is 1280. The van der Waals surface area contributed by atoms with Gasteiger partial charge in [0, 0.05) is 4.91 Å². The fourth-order valence-corrected chi connectivity index (χ4v) is 4.53. The van der Waals surface area contributed by atoms with Crippen LogP contribution in [-0.2, 0) is 43.6 Å². The van der Waals surface area contributed by atoms with E-state index in [1.54, 1.807) is 0 Å². The molecule has 3 aromatic carbocycles. The maximum atomic E-state index is 12.6. The first-order valence-corrected chi connectivity index (χ1v) is 14.0. The Balaban J connectivity index is 1.63. The molecule has 1 fully saturated rings. The number of rotatable bonds is 12. The normalized spacial score (nSPS) is 22.5. The van der Waals surface area contributed by atoms with E-state index < -0.39 is 40.3 Å². The van der Waals surface area contributed by atoms with Gasteiger partial charge in [0.2, 0.25) is 0 Å². The molecule has 1 amide bonds. The molecule has 4 rings (SSSR count). The van der Waals surface area contributed by atoms with Crippen molar-refractivity contribution in [2.24, 2.45) is 5.11 Å². The Kier molecular flexibility index (Phi) is 11.7. The molecule has 41 heavy (non-hydrogen) atoms. The summed E-state index contributed by atoms with van der Waals surface area (Å²) in [4.78, 5) is 15.6. The SMILES string of the molecule is [N-]=[N+]=NC1[C@@H](NC(=O)C(Cl)(Cl)Cl)OC(COCc2ccccc2)[C@@H](OCc2ccccc2)[C@H]1OCc1ccccc1. The van der Waals surface area contributed by atoms with Crippen LogP contribution in [0.25, 0.3) is 10.4 Å². The number of benzene rings is 3. The van der Waals surface area contributed by atoms with E-state index in [-0.39, 0.29) is 19.8 Å². The Morgan fingerprint density at radius 1 is 0.829 bits per heavy atom. The highest BCUT2D eigenvalue weighted by Crippen LogP contribution is 2.32. The van der Waals surface area contributed by atoms with Crippen LogP contribution in [0.3, 0.4) is 0 Å². The van der Waals surface area contributed by atoms with Crippen LogP contribution in [0, 0.1) is 0 Å². The van der Waals surface area contributed by atoms with E-state index in [1.165, 1.54) is 0 Å². The predicted molar refractivity (Wildman–Crippen MR) is 156 cm³/mol. The molecular formula is C29H29Cl3N4O5. The zero-order valence-electron chi connectivity index (χ0n) is 21.9. The van der Waals surface area contributed by atoms with Gasteiger partial charge in [0.05, 0.1) is 32.5 Å². The average molecular weight is 620 g/mol. The number of azide groups is 1. The van der Waals surface area contributed by atoms with Crippen molar-refractivity contribution in [1.82, 2.24) is 5.32 Å². The molecule has 1 aliphatic heterocycles. The lowest BCUT2D eigenvalue weighted by molar-refractivity contribution is -0.233. The quantitative estimate of drug-likeness (QED) is 0.111. The van der Waals surface area contributed by atoms with Crippen molar-refractivity contribution in [3.63, 3.8) is 0 Å². The molecule has 0 aromatic heterocycles. The number of carbonyl (C=O) groups excluding carboxylic acids is 1. The first-order chi connectivity index (χ1) is 19.8. The second-order valence-corrected chi connectivity index (χ2v) is 11.6. The molecule has 1 heterocycles. The summed E-state index contributed by atoms with van der Waals surface area (Å²) in [5.74, 6) is -0.944. The lowest BCUT2D eigenvalue weighted by Crippen LogP contribution is -2.64. The zero-order chi connectivity index (χ0) is 29.1. The van der Waals surface area contributed by atoms with Crippen molar-refractivity contribution >= 4 is 40.7 Å². The summed E-state index contributed by atoms with van der Waals surface area (Å²) < 4.78 is 22.7. The van der Waals surface area contributed by atoms with Gasteiger partial charge in [-0.2, -0.15) is 0 Å². The van der Waals surface area contributed by atoms with Crippen LogP contribution < -0.4 is 5.32 Å². The van der Waals surface area contributed by atoms with Gasteiger partial charge in [-0.15, -0.1) is 0 Å². The summed E-state index contributed by atoms with van der Waals surface area (Å²) in [5.41, 5.74) is 12.2. The van der Waals surface area contributed by atoms with E-state index in [2.05, 4.69) is 15.3 Å². The lowest BCUT2D eigenvalue weighted by atomic mass is 9.95. The summed E-state index contributed by atoms with van der Waals surface area (Å²) in [6.07, 6.45) is -3.58. The number of nitrogens with zero attached hydrogens (tertiary/aromatic N) is 3. The first-order valence-electron chi connectivity index (χ1n) is 12.8. The molecule has 0 aliphatic carbocycles. The minimum absolute atomic E-state index is 0.0721. The zero-order valence-corrected chi connectivity index (χ0v) is 24.2. The minimum Gasteiger partial charge on any atom is -0.374 e. The summed E-state index contributed by atoms with van der Waals surface area (Å²) in [7, 11) is 0.